The maximum absolute atomic E-state index is 6.43. The number of hydrogen-bond donors (Lipinski definition) is 0. The van der Waals surface area contributed by atoms with Crippen LogP contribution in [0.2, 0.25) is 0 Å². The molecular weight excluding hydrogens is 450 g/mol. The van der Waals surface area contributed by atoms with Crippen LogP contribution in [0.5, 0.6) is 17.2 Å². The second-order valence-corrected chi connectivity index (χ2v) is 9.48. The van der Waals surface area contributed by atoms with E-state index in [1.165, 1.54) is 37.9 Å². The topological polar surface area (TPSA) is 44.1 Å². The molecule has 0 radical (unpaired) electrons. The lowest BCUT2D eigenvalue weighted by Crippen LogP contribution is -2.33. The van der Waals surface area contributed by atoms with Crippen molar-refractivity contribution < 1.29 is 18.6 Å². The summed E-state index contributed by atoms with van der Waals surface area (Å²) in [6, 6.07) is 22.6. The Morgan fingerprint density at radius 1 is 0.806 bits per heavy atom. The van der Waals surface area contributed by atoms with E-state index in [9.17, 15) is 0 Å². The standard InChI is InChI=1S/C31H35NO4/c1-22(23-7-13-26(14-8-23)35-20-19-32-17-5-4-6-18-32)30-28-16-15-27(34-3)21-29(28)36-31(30)24-9-11-25(33-2)12-10-24/h7-16,21-22H,4-6,17-20H2,1-3H3. The molecular formula is C31H35NO4. The molecule has 4 aromatic rings. The van der Waals surface area contributed by atoms with E-state index < -0.39 is 0 Å². The van der Waals surface area contributed by atoms with Crippen molar-refractivity contribution in [2.75, 3.05) is 40.5 Å². The van der Waals surface area contributed by atoms with Crippen molar-refractivity contribution in [3.8, 4) is 28.6 Å². The Labute approximate surface area is 213 Å². The first-order valence-electron chi connectivity index (χ1n) is 12.9. The third kappa shape index (κ3) is 5.21. The Balaban J connectivity index is 1.40. The quantitative estimate of drug-likeness (QED) is 0.252. The highest BCUT2D eigenvalue weighted by atomic mass is 16.5. The normalized spacial score (nSPS) is 15.1. The van der Waals surface area contributed by atoms with Gasteiger partial charge in [0.2, 0.25) is 0 Å². The van der Waals surface area contributed by atoms with E-state index in [2.05, 4.69) is 42.2 Å². The fourth-order valence-electron chi connectivity index (χ4n) is 5.11. The molecule has 1 atom stereocenters. The summed E-state index contributed by atoms with van der Waals surface area (Å²) in [4.78, 5) is 2.50. The van der Waals surface area contributed by atoms with E-state index in [0.29, 0.717) is 0 Å². The first kappa shape index (κ1) is 24.3. The monoisotopic (exact) mass is 485 g/mol. The number of rotatable bonds is 9. The highest BCUT2D eigenvalue weighted by molar-refractivity contribution is 5.90. The van der Waals surface area contributed by atoms with Crippen molar-refractivity contribution in [2.45, 2.75) is 32.1 Å². The van der Waals surface area contributed by atoms with E-state index in [1.807, 2.05) is 36.4 Å². The van der Waals surface area contributed by atoms with Gasteiger partial charge in [-0.1, -0.05) is 25.5 Å². The van der Waals surface area contributed by atoms with Gasteiger partial charge in [0.15, 0.2) is 0 Å². The summed E-state index contributed by atoms with van der Waals surface area (Å²) in [7, 11) is 3.35. The van der Waals surface area contributed by atoms with E-state index >= 15 is 0 Å². The molecule has 0 spiro atoms. The van der Waals surface area contributed by atoms with Gasteiger partial charge in [-0.05, 0) is 80.0 Å². The van der Waals surface area contributed by atoms with Crippen LogP contribution in [-0.4, -0.2) is 45.4 Å². The van der Waals surface area contributed by atoms with Crippen molar-refractivity contribution in [3.63, 3.8) is 0 Å². The second kappa shape index (κ2) is 11.1. The lowest BCUT2D eigenvalue weighted by molar-refractivity contribution is 0.183. The van der Waals surface area contributed by atoms with Gasteiger partial charge >= 0.3 is 0 Å². The summed E-state index contributed by atoms with van der Waals surface area (Å²) in [6.45, 7) is 6.34. The maximum Gasteiger partial charge on any atom is 0.139 e. The Morgan fingerprint density at radius 2 is 1.47 bits per heavy atom. The second-order valence-electron chi connectivity index (χ2n) is 9.48. The van der Waals surface area contributed by atoms with E-state index in [1.54, 1.807) is 14.2 Å². The molecule has 1 aliphatic rings. The molecule has 1 aliphatic heterocycles. The predicted molar refractivity (Wildman–Crippen MR) is 144 cm³/mol. The van der Waals surface area contributed by atoms with Crippen molar-refractivity contribution in [2.24, 2.45) is 0 Å². The van der Waals surface area contributed by atoms with Crippen LogP contribution in [0.1, 0.15) is 43.2 Å². The zero-order chi connectivity index (χ0) is 24.9. The number of piperidine rings is 1. The van der Waals surface area contributed by atoms with Crippen LogP contribution in [-0.2, 0) is 0 Å². The number of hydrogen-bond acceptors (Lipinski definition) is 5. The van der Waals surface area contributed by atoms with Crippen molar-refractivity contribution in [1.29, 1.82) is 0 Å². The minimum Gasteiger partial charge on any atom is -0.497 e. The number of fused-ring (bicyclic) bond motifs is 1. The van der Waals surface area contributed by atoms with Crippen LogP contribution >= 0.6 is 0 Å². The maximum atomic E-state index is 6.43. The number of methoxy groups -OCH3 is 2. The molecule has 0 amide bonds. The molecule has 188 valence electrons. The summed E-state index contributed by atoms with van der Waals surface area (Å²) in [5.74, 6) is 3.51. The van der Waals surface area contributed by atoms with Crippen LogP contribution < -0.4 is 14.2 Å². The van der Waals surface area contributed by atoms with Gasteiger partial charge in [-0.2, -0.15) is 0 Å². The van der Waals surface area contributed by atoms with Crippen molar-refractivity contribution >= 4 is 11.0 Å². The molecule has 1 fully saturated rings. The minimum atomic E-state index is 0.124. The Bertz CT molecular complexity index is 1270. The van der Waals surface area contributed by atoms with Crippen molar-refractivity contribution in [3.05, 3.63) is 77.9 Å². The van der Waals surface area contributed by atoms with E-state index in [0.717, 1.165) is 58.3 Å². The molecule has 3 aromatic carbocycles. The van der Waals surface area contributed by atoms with Crippen LogP contribution in [0.15, 0.2) is 71.1 Å². The molecule has 2 heterocycles. The van der Waals surface area contributed by atoms with Crippen LogP contribution in [0.25, 0.3) is 22.3 Å². The fourth-order valence-corrected chi connectivity index (χ4v) is 5.11. The molecule has 1 aromatic heterocycles. The third-order valence-electron chi connectivity index (χ3n) is 7.23. The Morgan fingerprint density at radius 3 is 2.17 bits per heavy atom. The van der Waals surface area contributed by atoms with Crippen LogP contribution in [0.3, 0.4) is 0 Å². The van der Waals surface area contributed by atoms with E-state index in [-0.39, 0.29) is 5.92 Å². The van der Waals surface area contributed by atoms with Gasteiger partial charge in [-0.15, -0.1) is 0 Å². The lowest BCUT2D eigenvalue weighted by Gasteiger charge is -2.26. The molecule has 5 rings (SSSR count). The predicted octanol–water partition coefficient (Wildman–Crippen LogP) is 7.13. The van der Waals surface area contributed by atoms with E-state index in [4.69, 9.17) is 18.6 Å². The summed E-state index contributed by atoms with van der Waals surface area (Å²) >= 11 is 0. The van der Waals surface area contributed by atoms with Crippen LogP contribution in [0.4, 0.5) is 0 Å². The summed E-state index contributed by atoms with van der Waals surface area (Å²) in [6.07, 6.45) is 3.97. The third-order valence-corrected chi connectivity index (χ3v) is 7.23. The molecule has 1 unspecified atom stereocenters. The molecule has 0 aliphatic carbocycles. The lowest BCUT2D eigenvalue weighted by atomic mass is 9.89. The first-order valence-corrected chi connectivity index (χ1v) is 12.9. The molecule has 0 N–H and O–H groups in total. The fraction of sp³-hybridized carbons (Fsp3) is 0.355. The molecule has 5 heteroatoms. The summed E-state index contributed by atoms with van der Waals surface area (Å²) in [5.41, 5.74) is 4.22. The summed E-state index contributed by atoms with van der Waals surface area (Å²) < 4.78 is 23.3. The van der Waals surface area contributed by atoms with Gasteiger partial charge in [0.05, 0.1) is 14.2 Å². The highest BCUT2D eigenvalue weighted by Crippen LogP contribution is 2.42. The number of benzene rings is 3. The smallest absolute Gasteiger partial charge is 0.139 e. The molecule has 1 saturated heterocycles. The SMILES string of the molecule is COc1ccc(-c2oc3cc(OC)ccc3c2C(C)c2ccc(OCCN3CCCCC3)cc2)cc1. The highest BCUT2D eigenvalue weighted by Gasteiger charge is 2.23. The molecule has 0 saturated carbocycles. The van der Waals surface area contributed by atoms with Gasteiger partial charge < -0.3 is 18.6 Å². The first-order chi connectivity index (χ1) is 17.7. The number of likely N-dealkylation sites (tertiary alicyclic amines) is 1. The molecule has 36 heavy (non-hydrogen) atoms. The number of nitrogens with zero attached hydrogens (tertiary/aromatic N) is 1. The van der Waals surface area contributed by atoms with Gasteiger partial charge in [0, 0.05) is 35.0 Å². The Hall–Kier alpha value is -3.44. The largest absolute Gasteiger partial charge is 0.497 e. The zero-order valence-corrected chi connectivity index (χ0v) is 21.5. The Kier molecular flexibility index (Phi) is 7.47. The molecule has 0 bridgehead atoms. The van der Waals surface area contributed by atoms with Crippen LogP contribution in [0, 0.1) is 0 Å². The number of ether oxygens (including phenoxy) is 3. The minimum absolute atomic E-state index is 0.124. The van der Waals surface area contributed by atoms with Crippen molar-refractivity contribution in [1.82, 2.24) is 4.90 Å². The number of furan rings is 1. The van der Waals surface area contributed by atoms with Gasteiger partial charge in [-0.3, -0.25) is 4.90 Å². The zero-order valence-electron chi connectivity index (χ0n) is 21.5. The van der Waals surface area contributed by atoms with Gasteiger partial charge in [-0.25, -0.2) is 0 Å². The average molecular weight is 486 g/mol. The molecule has 5 nitrogen and oxygen atoms in total. The average Bonchev–Trinajstić information content (AvgIpc) is 3.32. The van der Waals surface area contributed by atoms with Gasteiger partial charge in [0.25, 0.3) is 0 Å². The van der Waals surface area contributed by atoms with Gasteiger partial charge in [0.1, 0.15) is 35.2 Å². The summed E-state index contributed by atoms with van der Waals surface area (Å²) in [5, 5.41) is 1.09.